The number of hydrogen-bond acceptors (Lipinski definition) is 3. The number of amides is 2. The topological polar surface area (TPSA) is 53.5 Å². The molecular formula is C16H14ClN3O2. The average Bonchev–Trinajstić information content (AvgIpc) is 2.62. The van der Waals surface area contributed by atoms with E-state index in [4.69, 9.17) is 11.6 Å². The summed E-state index contributed by atoms with van der Waals surface area (Å²) in [5.41, 5.74) is 1.50. The molecule has 1 aromatic heterocycles. The fraction of sp³-hybridized carbons (Fsp3) is 0.188. The van der Waals surface area contributed by atoms with E-state index < -0.39 is 5.38 Å². The Labute approximate surface area is 133 Å². The lowest BCUT2D eigenvalue weighted by molar-refractivity contribution is -0.117. The van der Waals surface area contributed by atoms with Crippen LogP contribution in [0.1, 0.15) is 17.3 Å². The van der Waals surface area contributed by atoms with E-state index in [9.17, 15) is 9.59 Å². The molecular weight excluding hydrogens is 302 g/mol. The number of pyridine rings is 1. The second-order valence-electron chi connectivity index (χ2n) is 5.02. The molecule has 1 aromatic carbocycles. The van der Waals surface area contributed by atoms with E-state index in [1.165, 1.54) is 9.80 Å². The van der Waals surface area contributed by atoms with Gasteiger partial charge in [-0.3, -0.25) is 14.5 Å². The molecule has 0 N–H and O–H groups in total. The van der Waals surface area contributed by atoms with E-state index in [2.05, 4.69) is 4.98 Å². The lowest BCUT2D eigenvalue weighted by Crippen LogP contribution is -2.32. The highest BCUT2D eigenvalue weighted by molar-refractivity contribution is 6.34. The maximum Gasteiger partial charge on any atom is 0.260 e. The lowest BCUT2D eigenvalue weighted by Gasteiger charge is -2.24. The SMILES string of the molecule is CC(Cl)C(=O)N1c2ccccc2C(=O)N(C)c2cccnc21. The Balaban J connectivity index is 2.33. The van der Waals surface area contributed by atoms with Gasteiger partial charge in [0.05, 0.1) is 16.9 Å². The van der Waals surface area contributed by atoms with E-state index in [0.29, 0.717) is 22.8 Å². The Morgan fingerprint density at radius 1 is 1.18 bits per heavy atom. The van der Waals surface area contributed by atoms with Crippen LogP contribution in [0.2, 0.25) is 0 Å². The van der Waals surface area contributed by atoms with Gasteiger partial charge in [-0.15, -0.1) is 11.6 Å². The zero-order valence-electron chi connectivity index (χ0n) is 12.2. The highest BCUT2D eigenvalue weighted by Gasteiger charge is 2.34. The van der Waals surface area contributed by atoms with Gasteiger partial charge in [-0.05, 0) is 31.2 Å². The molecule has 112 valence electrons. The Bertz CT molecular complexity index is 761. The van der Waals surface area contributed by atoms with Crippen molar-refractivity contribution in [2.24, 2.45) is 0 Å². The van der Waals surface area contributed by atoms with Crippen molar-refractivity contribution in [1.29, 1.82) is 0 Å². The molecule has 22 heavy (non-hydrogen) atoms. The summed E-state index contributed by atoms with van der Waals surface area (Å²) < 4.78 is 0. The maximum atomic E-state index is 12.7. The molecule has 0 fully saturated rings. The molecule has 0 aliphatic carbocycles. The van der Waals surface area contributed by atoms with Crippen LogP contribution in [-0.2, 0) is 4.79 Å². The number of nitrogens with zero attached hydrogens (tertiary/aromatic N) is 3. The fourth-order valence-electron chi connectivity index (χ4n) is 2.48. The number of anilines is 3. The minimum Gasteiger partial charge on any atom is -0.308 e. The van der Waals surface area contributed by atoms with E-state index in [0.717, 1.165) is 0 Å². The van der Waals surface area contributed by atoms with Gasteiger partial charge in [-0.25, -0.2) is 4.98 Å². The lowest BCUT2D eigenvalue weighted by atomic mass is 10.1. The van der Waals surface area contributed by atoms with E-state index >= 15 is 0 Å². The number of halogens is 1. The summed E-state index contributed by atoms with van der Waals surface area (Å²) in [5, 5.41) is -0.735. The largest absolute Gasteiger partial charge is 0.308 e. The summed E-state index contributed by atoms with van der Waals surface area (Å²) in [6.45, 7) is 1.60. The van der Waals surface area contributed by atoms with Crippen molar-refractivity contribution >= 4 is 40.6 Å². The van der Waals surface area contributed by atoms with Gasteiger partial charge in [0.15, 0.2) is 5.82 Å². The third-order valence-electron chi connectivity index (χ3n) is 3.58. The maximum absolute atomic E-state index is 12.7. The minimum atomic E-state index is -0.735. The molecule has 0 spiro atoms. The summed E-state index contributed by atoms with van der Waals surface area (Å²) in [6, 6.07) is 10.4. The minimum absolute atomic E-state index is 0.192. The quantitative estimate of drug-likeness (QED) is 0.760. The number of aromatic nitrogens is 1. The fourth-order valence-corrected chi connectivity index (χ4v) is 2.57. The van der Waals surface area contributed by atoms with Gasteiger partial charge >= 0.3 is 0 Å². The Morgan fingerprint density at radius 3 is 2.59 bits per heavy atom. The van der Waals surface area contributed by atoms with Gasteiger partial charge in [-0.2, -0.15) is 0 Å². The van der Waals surface area contributed by atoms with Gasteiger partial charge in [-0.1, -0.05) is 12.1 Å². The van der Waals surface area contributed by atoms with Crippen molar-refractivity contribution in [1.82, 2.24) is 4.98 Å². The zero-order chi connectivity index (χ0) is 15.9. The van der Waals surface area contributed by atoms with Crippen molar-refractivity contribution in [3.8, 4) is 0 Å². The van der Waals surface area contributed by atoms with Crippen LogP contribution in [0.25, 0.3) is 0 Å². The first-order chi connectivity index (χ1) is 10.5. The van der Waals surface area contributed by atoms with E-state index in [-0.39, 0.29) is 11.8 Å². The standard InChI is InChI=1S/C16H14ClN3O2/c1-10(17)15(21)20-12-7-4-3-6-11(12)16(22)19(2)13-8-5-9-18-14(13)20/h3-10H,1-2H3. The van der Waals surface area contributed by atoms with Gasteiger partial charge in [0.25, 0.3) is 11.8 Å². The summed E-state index contributed by atoms with van der Waals surface area (Å²) >= 11 is 6.00. The third kappa shape index (κ3) is 2.14. The number of alkyl halides is 1. The first-order valence-electron chi connectivity index (χ1n) is 6.82. The molecule has 1 aliphatic heterocycles. The Hall–Kier alpha value is -2.40. The Morgan fingerprint density at radius 2 is 1.86 bits per heavy atom. The number of carbonyl (C=O) groups excluding carboxylic acids is 2. The van der Waals surface area contributed by atoms with Crippen LogP contribution in [-0.4, -0.2) is 29.2 Å². The molecule has 2 aromatic rings. The number of fused-ring (bicyclic) bond motifs is 2. The van der Waals surface area contributed by atoms with Crippen LogP contribution in [0.4, 0.5) is 17.2 Å². The van der Waals surface area contributed by atoms with Crippen LogP contribution in [0.15, 0.2) is 42.6 Å². The predicted molar refractivity (Wildman–Crippen MR) is 85.9 cm³/mol. The summed E-state index contributed by atoms with van der Waals surface area (Å²) in [7, 11) is 1.66. The first kappa shape index (κ1) is 14.5. The van der Waals surface area contributed by atoms with Crippen molar-refractivity contribution in [2.45, 2.75) is 12.3 Å². The van der Waals surface area contributed by atoms with Crippen molar-refractivity contribution < 1.29 is 9.59 Å². The molecule has 0 saturated carbocycles. The van der Waals surface area contributed by atoms with Crippen LogP contribution < -0.4 is 9.80 Å². The number of rotatable bonds is 1. The van der Waals surface area contributed by atoms with E-state index in [1.54, 1.807) is 56.6 Å². The monoisotopic (exact) mass is 315 g/mol. The molecule has 6 heteroatoms. The first-order valence-corrected chi connectivity index (χ1v) is 7.26. The molecule has 3 rings (SSSR count). The normalized spacial score (nSPS) is 15.0. The van der Waals surface area contributed by atoms with Gasteiger partial charge in [0.1, 0.15) is 5.38 Å². The zero-order valence-corrected chi connectivity index (χ0v) is 12.9. The molecule has 0 radical (unpaired) electrons. The van der Waals surface area contributed by atoms with Crippen molar-refractivity contribution in [3.05, 3.63) is 48.2 Å². The molecule has 5 nitrogen and oxygen atoms in total. The van der Waals surface area contributed by atoms with Gasteiger partial charge in [0.2, 0.25) is 0 Å². The second kappa shape index (κ2) is 5.42. The highest BCUT2D eigenvalue weighted by Crippen LogP contribution is 2.39. The molecule has 1 unspecified atom stereocenters. The second-order valence-corrected chi connectivity index (χ2v) is 5.67. The number of hydrogen-bond donors (Lipinski definition) is 0. The highest BCUT2D eigenvalue weighted by atomic mass is 35.5. The average molecular weight is 316 g/mol. The molecule has 0 bridgehead atoms. The van der Waals surface area contributed by atoms with Crippen LogP contribution in [0.5, 0.6) is 0 Å². The van der Waals surface area contributed by atoms with Crippen molar-refractivity contribution in [3.63, 3.8) is 0 Å². The summed E-state index contributed by atoms with van der Waals surface area (Å²) in [5.74, 6) is -0.111. The van der Waals surface area contributed by atoms with Crippen molar-refractivity contribution in [2.75, 3.05) is 16.8 Å². The van der Waals surface area contributed by atoms with Crippen LogP contribution in [0.3, 0.4) is 0 Å². The van der Waals surface area contributed by atoms with Gasteiger partial charge < -0.3 is 4.90 Å². The molecule has 0 saturated heterocycles. The molecule has 1 atom stereocenters. The van der Waals surface area contributed by atoms with E-state index in [1.807, 2.05) is 0 Å². The van der Waals surface area contributed by atoms with Crippen LogP contribution >= 0.6 is 11.6 Å². The van der Waals surface area contributed by atoms with Crippen LogP contribution in [0, 0.1) is 0 Å². The summed E-state index contributed by atoms with van der Waals surface area (Å²) in [6.07, 6.45) is 1.59. The number of para-hydroxylation sites is 1. The summed E-state index contributed by atoms with van der Waals surface area (Å²) in [4.78, 5) is 32.5. The third-order valence-corrected chi connectivity index (χ3v) is 3.77. The molecule has 1 aliphatic rings. The number of carbonyl (C=O) groups is 2. The van der Waals surface area contributed by atoms with Gasteiger partial charge in [0, 0.05) is 13.2 Å². The Kier molecular flexibility index (Phi) is 3.58. The predicted octanol–water partition coefficient (Wildman–Crippen LogP) is 2.96. The molecule has 2 amide bonds. The smallest absolute Gasteiger partial charge is 0.260 e. The molecule has 2 heterocycles. The number of benzene rings is 1.